The molecule has 2 aromatic carbocycles. The lowest BCUT2D eigenvalue weighted by molar-refractivity contribution is 0.102. The maximum atomic E-state index is 13.1. The van der Waals surface area contributed by atoms with E-state index in [4.69, 9.17) is 0 Å². The summed E-state index contributed by atoms with van der Waals surface area (Å²) in [7, 11) is 0. The van der Waals surface area contributed by atoms with Crippen molar-refractivity contribution >= 4 is 23.2 Å². The molecule has 0 fully saturated rings. The number of aromatic nitrogens is 4. The minimum Gasteiger partial charge on any atom is -0.293 e. The number of carbonyl (C=O) groups excluding carboxylic acids is 1. The molecular weight excluding hydrogens is 367 g/mol. The molecule has 134 valence electrons. The van der Waals surface area contributed by atoms with Crippen LogP contribution >= 0.6 is 11.8 Å². The molecule has 2 aromatic heterocycles. The number of benzene rings is 2. The highest BCUT2D eigenvalue weighted by Crippen LogP contribution is 2.18. The Morgan fingerprint density at radius 1 is 1.00 bits per heavy atom. The van der Waals surface area contributed by atoms with Gasteiger partial charge < -0.3 is 0 Å². The number of Topliss-reactive ketones (excluding diaryl/α,β-unsaturated/α-hetero) is 1. The lowest BCUT2D eigenvalue weighted by Gasteiger charge is -2.06. The smallest absolute Gasteiger partial charge is 0.293 e. The molecule has 0 atom stereocenters. The third-order valence-electron chi connectivity index (χ3n) is 3.97. The largest absolute Gasteiger partial charge is 0.300 e. The van der Waals surface area contributed by atoms with E-state index in [2.05, 4.69) is 10.2 Å². The zero-order chi connectivity index (χ0) is 18.8. The Morgan fingerprint density at radius 2 is 1.74 bits per heavy atom. The molecule has 6 nitrogen and oxygen atoms in total. The van der Waals surface area contributed by atoms with Gasteiger partial charge in [-0.05, 0) is 24.3 Å². The van der Waals surface area contributed by atoms with Gasteiger partial charge in [0.25, 0.3) is 0 Å². The van der Waals surface area contributed by atoms with Crippen molar-refractivity contribution in [1.82, 2.24) is 19.2 Å². The molecule has 0 saturated carbocycles. The molecule has 4 rings (SSSR count). The first-order chi connectivity index (χ1) is 13.1. The SMILES string of the molecule is O=C(CSc1nnc2c(=O)n(-c3ccc(F)cc3)ccn12)c1ccccc1. The van der Waals surface area contributed by atoms with E-state index in [1.54, 1.807) is 28.9 Å². The number of fused-ring (bicyclic) bond motifs is 1. The predicted molar refractivity (Wildman–Crippen MR) is 100 cm³/mol. The molecule has 4 aromatic rings. The average Bonchev–Trinajstić information content (AvgIpc) is 3.12. The van der Waals surface area contributed by atoms with E-state index in [1.165, 1.54) is 40.6 Å². The van der Waals surface area contributed by atoms with Crippen molar-refractivity contribution in [2.45, 2.75) is 5.16 Å². The summed E-state index contributed by atoms with van der Waals surface area (Å²) >= 11 is 1.21. The van der Waals surface area contributed by atoms with Crippen LogP contribution in [0.15, 0.2) is 76.9 Å². The maximum Gasteiger partial charge on any atom is 0.300 e. The van der Waals surface area contributed by atoms with Gasteiger partial charge in [-0.1, -0.05) is 42.1 Å². The van der Waals surface area contributed by atoms with Crippen LogP contribution in [0.5, 0.6) is 0 Å². The van der Waals surface area contributed by atoms with Crippen LogP contribution < -0.4 is 5.56 Å². The van der Waals surface area contributed by atoms with Crippen molar-refractivity contribution in [2.24, 2.45) is 0 Å². The third kappa shape index (κ3) is 3.39. The zero-order valence-corrected chi connectivity index (χ0v) is 14.8. The molecule has 2 heterocycles. The summed E-state index contributed by atoms with van der Waals surface area (Å²) in [5, 5.41) is 8.42. The first-order valence-electron chi connectivity index (χ1n) is 8.07. The number of hydrogen-bond acceptors (Lipinski definition) is 5. The van der Waals surface area contributed by atoms with Gasteiger partial charge in [0.2, 0.25) is 5.65 Å². The van der Waals surface area contributed by atoms with Crippen molar-refractivity contribution in [3.05, 3.63) is 88.7 Å². The molecule has 0 radical (unpaired) electrons. The summed E-state index contributed by atoms with van der Waals surface area (Å²) < 4.78 is 16.0. The molecule has 0 spiro atoms. The first-order valence-corrected chi connectivity index (χ1v) is 9.05. The third-order valence-corrected chi connectivity index (χ3v) is 4.92. The van der Waals surface area contributed by atoms with Gasteiger partial charge in [-0.15, -0.1) is 10.2 Å². The molecule has 0 aliphatic rings. The second-order valence-corrected chi connectivity index (χ2v) is 6.65. The number of halogens is 1. The van der Waals surface area contributed by atoms with Crippen LogP contribution in [0, 0.1) is 5.82 Å². The van der Waals surface area contributed by atoms with E-state index in [0.717, 1.165) is 0 Å². The quantitative estimate of drug-likeness (QED) is 0.393. The second kappa shape index (κ2) is 7.16. The Bertz CT molecular complexity index is 1170. The molecule has 0 N–H and O–H groups in total. The normalized spacial score (nSPS) is 11.0. The highest BCUT2D eigenvalue weighted by atomic mass is 32.2. The predicted octanol–water partition coefficient (Wildman–Crippen LogP) is 2.99. The van der Waals surface area contributed by atoms with Crippen LogP contribution in [-0.4, -0.2) is 30.7 Å². The molecule has 0 aliphatic heterocycles. The summed E-state index contributed by atoms with van der Waals surface area (Å²) in [6.45, 7) is 0. The topological polar surface area (TPSA) is 69.3 Å². The highest BCUT2D eigenvalue weighted by Gasteiger charge is 2.14. The van der Waals surface area contributed by atoms with E-state index in [1.807, 2.05) is 18.2 Å². The summed E-state index contributed by atoms with van der Waals surface area (Å²) in [4.78, 5) is 24.9. The fraction of sp³-hybridized carbons (Fsp3) is 0.0526. The number of ketones is 1. The lowest BCUT2D eigenvalue weighted by atomic mass is 10.2. The van der Waals surface area contributed by atoms with Crippen molar-refractivity contribution in [2.75, 3.05) is 5.75 Å². The Kier molecular flexibility index (Phi) is 4.55. The minimum atomic E-state index is -0.378. The molecule has 0 amide bonds. The van der Waals surface area contributed by atoms with Gasteiger partial charge >= 0.3 is 5.56 Å². The molecule has 0 bridgehead atoms. The van der Waals surface area contributed by atoms with Gasteiger partial charge in [0.15, 0.2) is 10.9 Å². The van der Waals surface area contributed by atoms with Crippen LogP contribution in [0.3, 0.4) is 0 Å². The second-order valence-electron chi connectivity index (χ2n) is 5.70. The van der Waals surface area contributed by atoms with Crippen LogP contribution in [0.1, 0.15) is 10.4 Å². The standard InChI is InChI=1S/C19H13FN4O2S/c20-14-6-8-15(9-7-14)23-10-11-24-17(18(23)26)21-22-19(24)27-12-16(25)13-4-2-1-3-5-13/h1-11H,12H2. The molecule has 0 aliphatic carbocycles. The number of thioether (sulfide) groups is 1. The van der Waals surface area contributed by atoms with Gasteiger partial charge in [0.05, 0.1) is 5.75 Å². The van der Waals surface area contributed by atoms with E-state index in [0.29, 0.717) is 16.4 Å². The average molecular weight is 380 g/mol. The van der Waals surface area contributed by atoms with Crippen molar-refractivity contribution < 1.29 is 9.18 Å². The first kappa shape index (κ1) is 17.2. The van der Waals surface area contributed by atoms with Gasteiger partial charge in [0, 0.05) is 23.6 Å². The number of nitrogens with zero attached hydrogens (tertiary/aromatic N) is 4. The fourth-order valence-electron chi connectivity index (χ4n) is 2.61. The summed E-state index contributed by atoms with van der Waals surface area (Å²) in [6.07, 6.45) is 3.21. The maximum absolute atomic E-state index is 13.1. The number of rotatable bonds is 5. The van der Waals surface area contributed by atoms with Gasteiger partial charge in [-0.25, -0.2) is 4.39 Å². The van der Waals surface area contributed by atoms with Gasteiger partial charge in [-0.2, -0.15) is 0 Å². The minimum absolute atomic E-state index is 0.0306. The van der Waals surface area contributed by atoms with Gasteiger partial charge in [-0.3, -0.25) is 18.6 Å². The van der Waals surface area contributed by atoms with Crippen LogP contribution in [0.4, 0.5) is 4.39 Å². The molecule has 0 saturated heterocycles. The summed E-state index contributed by atoms with van der Waals surface area (Å²) in [6, 6.07) is 14.6. The fourth-order valence-corrected chi connectivity index (χ4v) is 3.42. The van der Waals surface area contributed by atoms with Crippen LogP contribution in [0.25, 0.3) is 11.3 Å². The molecule has 27 heavy (non-hydrogen) atoms. The Balaban J connectivity index is 1.61. The lowest BCUT2D eigenvalue weighted by Crippen LogP contribution is -2.20. The highest BCUT2D eigenvalue weighted by molar-refractivity contribution is 7.99. The van der Waals surface area contributed by atoms with Crippen LogP contribution in [0.2, 0.25) is 0 Å². The molecule has 0 unspecified atom stereocenters. The van der Waals surface area contributed by atoms with Crippen molar-refractivity contribution in [3.8, 4) is 5.69 Å². The van der Waals surface area contributed by atoms with Crippen molar-refractivity contribution in [1.29, 1.82) is 0 Å². The van der Waals surface area contributed by atoms with E-state index >= 15 is 0 Å². The van der Waals surface area contributed by atoms with E-state index in [9.17, 15) is 14.0 Å². The Hall–Kier alpha value is -3.26. The van der Waals surface area contributed by atoms with Crippen molar-refractivity contribution in [3.63, 3.8) is 0 Å². The van der Waals surface area contributed by atoms with Gasteiger partial charge in [0.1, 0.15) is 5.82 Å². The monoisotopic (exact) mass is 380 g/mol. The van der Waals surface area contributed by atoms with Crippen LogP contribution in [-0.2, 0) is 0 Å². The van der Waals surface area contributed by atoms with E-state index < -0.39 is 0 Å². The Labute approximate surface area is 157 Å². The summed E-state index contributed by atoms with van der Waals surface area (Å²) in [5.41, 5.74) is 0.909. The summed E-state index contributed by atoms with van der Waals surface area (Å²) in [5.74, 6) is -0.222. The number of hydrogen-bond donors (Lipinski definition) is 0. The Morgan fingerprint density at radius 3 is 2.48 bits per heavy atom. The molecular formula is C19H13FN4O2S. The van der Waals surface area contributed by atoms with E-state index in [-0.39, 0.29) is 28.6 Å². The zero-order valence-electron chi connectivity index (χ0n) is 13.9. The molecule has 8 heteroatoms. The number of carbonyl (C=O) groups is 1.